The number of nitrogens with zero attached hydrogens (tertiary/aromatic N) is 7. The first-order chi connectivity index (χ1) is 29.0. The van der Waals surface area contributed by atoms with Crippen LogP contribution in [0.25, 0.3) is 10.8 Å². The van der Waals surface area contributed by atoms with Gasteiger partial charge in [-0.1, -0.05) is 12.0 Å². The van der Waals surface area contributed by atoms with Crippen LogP contribution in [-0.4, -0.2) is 78.9 Å². The predicted octanol–water partition coefficient (Wildman–Crippen LogP) is 6.56. The van der Waals surface area contributed by atoms with Crippen LogP contribution in [0.1, 0.15) is 103 Å². The Hall–Kier alpha value is -7.02. The average Bonchev–Trinajstić information content (AvgIpc) is 3.25. The van der Waals surface area contributed by atoms with Gasteiger partial charge in [-0.15, -0.1) is 5.92 Å². The number of nitriles is 2. The van der Waals surface area contributed by atoms with Crippen LogP contribution in [0.5, 0.6) is 0 Å². The van der Waals surface area contributed by atoms with Crippen LogP contribution >= 0.6 is 0 Å². The molecule has 0 aliphatic carbocycles. The van der Waals surface area contributed by atoms with Crippen molar-refractivity contribution in [2.75, 3.05) is 26.2 Å². The minimum Gasteiger partial charge on any atom is -0.444 e. The Kier molecular flexibility index (Phi) is 12.9. The Morgan fingerprint density at radius 2 is 1.46 bits per heavy atom. The van der Waals surface area contributed by atoms with Crippen LogP contribution in [-0.2, 0) is 22.4 Å². The first-order valence-electron chi connectivity index (χ1n) is 19.7. The molecule has 0 spiro atoms. The molecule has 0 atom stereocenters. The van der Waals surface area contributed by atoms with E-state index in [9.17, 15) is 23.9 Å². The van der Waals surface area contributed by atoms with Crippen molar-refractivity contribution in [2.24, 2.45) is 0 Å². The topological polar surface area (TPSA) is 189 Å². The van der Waals surface area contributed by atoms with Gasteiger partial charge < -0.3 is 19.6 Å². The Morgan fingerprint density at radius 1 is 0.852 bits per heavy atom. The van der Waals surface area contributed by atoms with Gasteiger partial charge in [0.1, 0.15) is 29.2 Å². The molecule has 2 aliphatic heterocycles. The number of likely N-dealkylation sites (tertiary alicyclic amines) is 2. The number of fused-ring (bicyclic) bond motifs is 1. The first kappa shape index (κ1) is 43.6. The molecule has 0 radical (unpaired) electrons. The molecule has 5 aromatic rings. The lowest BCUT2D eigenvalue weighted by Crippen LogP contribution is -2.47. The summed E-state index contributed by atoms with van der Waals surface area (Å²) in [6.07, 6.45) is 3.47. The highest BCUT2D eigenvalue weighted by Crippen LogP contribution is 2.37. The lowest BCUT2D eigenvalue weighted by Gasteiger charge is -2.38. The summed E-state index contributed by atoms with van der Waals surface area (Å²) < 4.78 is 35.7. The maximum Gasteiger partial charge on any atom is 0.410 e. The number of halogens is 2. The van der Waals surface area contributed by atoms with Crippen molar-refractivity contribution in [1.29, 1.82) is 10.5 Å². The van der Waals surface area contributed by atoms with E-state index in [2.05, 4.69) is 32.0 Å². The second kappa shape index (κ2) is 18.1. The summed E-state index contributed by atoms with van der Waals surface area (Å²) in [5.74, 6) is 4.60. The number of aliphatic hydroxyl groups is 1. The highest BCUT2D eigenvalue weighted by Gasteiger charge is 2.40. The lowest BCUT2D eigenvalue weighted by molar-refractivity contribution is -0.0381. The number of aromatic nitrogens is 4. The van der Waals surface area contributed by atoms with Crippen molar-refractivity contribution in [3.63, 3.8) is 0 Å². The molecule has 13 nitrogen and oxygen atoms in total. The summed E-state index contributed by atoms with van der Waals surface area (Å²) in [6, 6.07) is 19.8. The quantitative estimate of drug-likeness (QED) is 0.184. The number of carbonyl (C=O) groups excluding carboxylic acids is 2. The summed E-state index contributed by atoms with van der Waals surface area (Å²) in [7, 11) is 0. The number of hydrogen-bond donors (Lipinski definition) is 2. The molecule has 15 heteroatoms. The zero-order valence-electron chi connectivity index (χ0n) is 34.3. The van der Waals surface area contributed by atoms with Crippen molar-refractivity contribution in [1.82, 2.24) is 30.0 Å². The summed E-state index contributed by atoms with van der Waals surface area (Å²) in [5, 5.41) is 36.2. The highest BCUT2D eigenvalue weighted by atomic mass is 19.1. The van der Waals surface area contributed by atoms with Crippen molar-refractivity contribution in [3.8, 4) is 24.0 Å². The van der Waals surface area contributed by atoms with E-state index in [1.165, 1.54) is 41.6 Å². The van der Waals surface area contributed by atoms with E-state index in [1.807, 2.05) is 32.9 Å². The zero-order chi connectivity index (χ0) is 44.0. The van der Waals surface area contributed by atoms with Crippen LogP contribution in [0.4, 0.5) is 13.6 Å². The molecule has 0 bridgehead atoms. The Labute approximate surface area is 351 Å². The maximum atomic E-state index is 15.6. The van der Waals surface area contributed by atoms with Crippen molar-refractivity contribution in [3.05, 3.63) is 134 Å². The number of aromatic amines is 1. The van der Waals surface area contributed by atoms with Crippen LogP contribution < -0.4 is 5.56 Å². The monoisotopic (exact) mass is 826 g/mol. The van der Waals surface area contributed by atoms with E-state index < -0.39 is 28.6 Å². The Balaban J connectivity index is 0.000000240. The molecule has 61 heavy (non-hydrogen) atoms. The van der Waals surface area contributed by atoms with Gasteiger partial charge in [-0.2, -0.15) is 15.6 Å². The van der Waals surface area contributed by atoms with Crippen molar-refractivity contribution in [2.45, 2.75) is 76.7 Å². The normalized spacial score (nSPS) is 15.6. The fraction of sp³-hybridized carbons (Fsp3) is 0.348. The van der Waals surface area contributed by atoms with E-state index in [4.69, 9.17) is 15.3 Å². The van der Waals surface area contributed by atoms with Crippen molar-refractivity contribution >= 4 is 22.8 Å². The molecule has 7 rings (SSSR count). The molecule has 0 saturated carbocycles. The number of piperidine rings is 2. The fourth-order valence-corrected chi connectivity index (χ4v) is 7.21. The molecule has 2 fully saturated rings. The first-order valence-corrected chi connectivity index (χ1v) is 19.7. The van der Waals surface area contributed by atoms with Gasteiger partial charge in [0.05, 0.1) is 39.2 Å². The highest BCUT2D eigenvalue weighted by molar-refractivity contribution is 5.95. The van der Waals surface area contributed by atoms with Crippen molar-refractivity contribution < 1.29 is 28.2 Å². The van der Waals surface area contributed by atoms with Gasteiger partial charge in [0, 0.05) is 68.8 Å². The van der Waals surface area contributed by atoms with Gasteiger partial charge in [-0.25, -0.2) is 18.7 Å². The number of rotatable bonds is 5. The number of amides is 2. The molecular weight excluding hydrogens is 783 g/mol. The molecule has 2 saturated heterocycles. The predicted molar refractivity (Wildman–Crippen MR) is 221 cm³/mol. The van der Waals surface area contributed by atoms with Crippen LogP contribution in [0.3, 0.4) is 0 Å². The van der Waals surface area contributed by atoms with Gasteiger partial charge in [0.2, 0.25) is 0 Å². The summed E-state index contributed by atoms with van der Waals surface area (Å²) in [6.45, 7) is 8.20. The number of carbonyl (C=O) groups is 2. The molecule has 2 aromatic carbocycles. The third-order valence-corrected chi connectivity index (χ3v) is 10.6. The number of hydrogen-bond acceptors (Lipinski definition) is 10. The molecule has 3 aromatic heterocycles. The fourth-order valence-electron chi connectivity index (χ4n) is 7.21. The molecule has 0 unspecified atom stereocenters. The average molecular weight is 827 g/mol. The van der Waals surface area contributed by atoms with Gasteiger partial charge in [0.25, 0.3) is 11.5 Å². The molecule has 312 valence electrons. The van der Waals surface area contributed by atoms with E-state index >= 15 is 4.39 Å². The molecule has 5 heterocycles. The third-order valence-electron chi connectivity index (χ3n) is 10.6. The Morgan fingerprint density at radius 3 is 2.03 bits per heavy atom. The van der Waals surface area contributed by atoms with E-state index in [1.54, 1.807) is 48.2 Å². The lowest BCUT2D eigenvalue weighted by atomic mass is 9.88. The smallest absolute Gasteiger partial charge is 0.410 e. The number of alkyl halides is 1. The molecule has 2 aliphatic rings. The second-order valence-electron chi connectivity index (χ2n) is 16.0. The minimum atomic E-state index is -1.73. The molecular formula is C46H44F2N8O5. The van der Waals surface area contributed by atoms with Gasteiger partial charge >= 0.3 is 6.09 Å². The van der Waals surface area contributed by atoms with Gasteiger partial charge in [-0.05, 0) is 101 Å². The van der Waals surface area contributed by atoms with Gasteiger partial charge in [0.15, 0.2) is 5.67 Å². The second-order valence-corrected chi connectivity index (χ2v) is 16.0. The van der Waals surface area contributed by atoms with E-state index in [0.29, 0.717) is 64.8 Å². The van der Waals surface area contributed by atoms with E-state index in [-0.39, 0.29) is 55.3 Å². The van der Waals surface area contributed by atoms with Gasteiger partial charge in [-0.3, -0.25) is 19.6 Å². The SMILES string of the molecule is CC#Cc1ccc2c(=O)[nH]nc(Cc3ccc(F)c(C(=O)N4CCC(F)(c5ccc(C#N)cn5)CC4)c3)c2c1.CC(C)(C)OC(=O)N1CCC(O)(c2ccc(C#N)cn2)CC1. The largest absolute Gasteiger partial charge is 0.444 e. The van der Waals surface area contributed by atoms with Crippen LogP contribution in [0.2, 0.25) is 0 Å². The maximum absolute atomic E-state index is 15.6. The standard InChI is InChI=1S/C30H23F2N5O2.C16H21N3O3/c1-2-3-19-4-7-22-23(14-19)26(35-36-28(22)38)16-20-5-8-25(31)24(15-20)29(39)37-12-10-30(32,11-13-37)27-9-6-21(17-33)18-34-27;1-15(2,3)22-14(20)19-8-6-16(21,7-9-19)13-5-4-12(10-17)11-18-13/h4-9,14-15,18H,10-13,16H2,1H3,(H,36,38);4-5,11,21H,6-9H2,1-3H3. The number of H-pyrrole nitrogens is 1. The van der Waals surface area contributed by atoms with Crippen LogP contribution in [0.15, 0.2) is 77.9 Å². The molecule has 2 N–H and O–H groups in total. The summed E-state index contributed by atoms with van der Waals surface area (Å²) in [5.41, 5.74) is -0.286. The summed E-state index contributed by atoms with van der Waals surface area (Å²) >= 11 is 0. The third kappa shape index (κ3) is 10.2. The zero-order valence-corrected chi connectivity index (χ0v) is 34.3. The number of ether oxygens (including phenoxy) is 1. The minimum absolute atomic E-state index is 0.00915. The van der Waals surface area contributed by atoms with Crippen LogP contribution in [0, 0.1) is 40.3 Å². The summed E-state index contributed by atoms with van der Waals surface area (Å²) in [4.78, 5) is 48.9. The number of nitrogens with one attached hydrogen (secondary N) is 1. The van der Waals surface area contributed by atoms with E-state index in [0.717, 1.165) is 5.56 Å². The Bertz CT molecular complexity index is 2640. The molecule has 2 amide bonds. The number of pyridine rings is 2. The number of benzene rings is 2.